The zero-order valence-electron chi connectivity index (χ0n) is 10.6. The smallest absolute Gasteiger partial charge is 0.233 e. The molecule has 1 aliphatic carbocycles. The molecule has 3 atom stereocenters. The summed E-state index contributed by atoms with van der Waals surface area (Å²) < 4.78 is 0. The number of fused-ring (bicyclic) bond motifs is 1. The number of carbonyl (C=O) groups excluding carboxylic acids is 2. The Kier molecular flexibility index (Phi) is 3.52. The van der Waals surface area contributed by atoms with Crippen LogP contribution in [0.3, 0.4) is 0 Å². The van der Waals surface area contributed by atoms with E-state index in [0.29, 0.717) is 12.5 Å². The van der Waals surface area contributed by atoms with Gasteiger partial charge in [0, 0.05) is 13.2 Å². The highest BCUT2D eigenvalue weighted by Crippen LogP contribution is 2.44. The van der Waals surface area contributed by atoms with E-state index in [1.54, 1.807) is 0 Å². The number of aliphatic hydroxyl groups excluding tert-OH is 1. The summed E-state index contributed by atoms with van der Waals surface area (Å²) in [5.41, 5.74) is 0. The van der Waals surface area contributed by atoms with Gasteiger partial charge < -0.3 is 5.11 Å². The molecule has 4 heteroatoms. The number of rotatable bonds is 4. The molecule has 0 spiro atoms. The summed E-state index contributed by atoms with van der Waals surface area (Å²) in [7, 11) is 0. The Morgan fingerprint density at radius 1 is 1.29 bits per heavy atom. The first kappa shape index (κ1) is 12.6. The number of aliphatic hydroxyl groups is 1. The van der Waals surface area contributed by atoms with E-state index in [4.69, 9.17) is 5.11 Å². The van der Waals surface area contributed by atoms with Gasteiger partial charge >= 0.3 is 0 Å². The van der Waals surface area contributed by atoms with Crippen LogP contribution in [0.2, 0.25) is 0 Å². The summed E-state index contributed by atoms with van der Waals surface area (Å²) in [6.45, 7) is 4.36. The number of hydrogen-bond donors (Lipinski definition) is 1. The normalized spacial score (nSPS) is 34.3. The molecule has 4 nitrogen and oxygen atoms in total. The molecule has 2 fully saturated rings. The van der Waals surface area contributed by atoms with Crippen LogP contribution in [0.1, 0.15) is 33.1 Å². The first-order chi connectivity index (χ1) is 8.08. The lowest BCUT2D eigenvalue weighted by atomic mass is 10.00. The number of imide groups is 1. The van der Waals surface area contributed by atoms with Crippen LogP contribution in [0.25, 0.3) is 0 Å². The Labute approximate surface area is 102 Å². The molecular formula is C13H21NO3. The maximum absolute atomic E-state index is 12.1. The maximum Gasteiger partial charge on any atom is 0.233 e. The van der Waals surface area contributed by atoms with Crippen LogP contribution >= 0.6 is 0 Å². The highest BCUT2D eigenvalue weighted by atomic mass is 16.3. The molecule has 1 N–H and O–H groups in total. The van der Waals surface area contributed by atoms with Crippen molar-refractivity contribution in [3.63, 3.8) is 0 Å². The summed E-state index contributed by atoms with van der Waals surface area (Å²) >= 11 is 0. The first-order valence-corrected chi connectivity index (χ1v) is 6.54. The van der Waals surface area contributed by atoms with Gasteiger partial charge in [0.05, 0.1) is 11.8 Å². The van der Waals surface area contributed by atoms with Gasteiger partial charge in [-0.15, -0.1) is 0 Å². The largest absolute Gasteiger partial charge is 0.396 e. The van der Waals surface area contributed by atoms with Gasteiger partial charge in [-0.05, 0) is 24.7 Å². The quantitative estimate of drug-likeness (QED) is 0.746. The third-order valence-electron chi connectivity index (χ3n) is 4.21. The molecule has 1 saturated heterocycles. The zero-order valence-corrected chi connectivity index (χ0v) is 10.6. The molecule has 0 aromatic rings. The van der Waals surface area contributed by atoms with Crippen molar-refractivity contribution in [3.8, 4) is 0 Å². The molecule has 3 unspecified atom stereocenters. The number of nitrogens with zero attached hydrogens (tertiary/aromatic N) is 1. The van der Waals surface area contributed by atoms with Gasteiger partial charge in [0.15, 0.2) is 0 Å². The molecule has 1 heterocycles. The highest BCUT2D eigenvalue weighted by Gasteiger charge is 2.52. The molecule has 1 aliphatic heterocycles. The Bertz CT molecular complexity index is 305. The van der Waals surface area contributed by atoms with Crippen molar-refractivity contribution in [2.45, 2.75) is 33.1 Å². The van der Waals surface area contributed by atoms with E-state index in [9.17, 15) is 9.59 Å². The van der Waals surface area contributed by atoms with Crippen molar-refractivity contribution in [2.24, 2.45) is 23.7 Å². The first-order valence-electron chi connectivity index (χ1n) is 6.54. The topological polar surface area (TPSA) is 57.6 Å². The van der Waals surface area contributed by atoms with Crippen LogP contribution in [0.4, 0.5) is 0 Å². The molecule has 2 amide bonds. The van der Waals surface area contributed by atoms with E-state index >= 15 is 0 Å². The summed E-state index contributed by atoms with van der Waals surface area (Å²) in [5.74, 6) is 0.364. The van der Waals surface area contributed by atoms with E-state index in [2.05, 4.69) is 6.92 Å². The van der Waals surface area contributed by atoms with Crippen molar-refractivity contribution in [1.82, 2.24) is 4.90 Å². The Morgan fingerprint density at radius 3 is 2.24 bits per heavy atom. The fourth-order valence-corrected chi connectivity index (χ4v) is 3.08. The summed E-state index contributed by atoms with van der Waals surface area (Å²) in [4.78, 5) is 25.6. The van der Waals surface area contributed by atoms with Crippen LogP contribution in [-0.2, 0) is 9.59 Å². The molecule has 17 heavy (non-hydrogen) atoms. The summed E-state index contributed by atoms with van der Waals surface area (Å²) in [6, 6.07) is 0. The van der Waals surface area contributed by atoms with E-state index < -0.39 is 0 Å². The lowest BCUT2D eigenvalue weighted by Crippen LogP contribution is -2.36. The SMILES string of the molecule is CCC1CC2C(=O)N(CC(C)CO)C(=O)C2C1. The molecule has 0 aromatic carbocycles. The van der Waals surface area contributed by atoms with E-state index in [1.165, 1.54) is 4.90 Å². The molecule has 0 radical (unpaired) electrons. The zero-order chi connectivity index (χ0) is 12.6. The van der Waals surface area contributed by atoms with Crippen LogP contribution in [0.15, 0.2) is 0 Å². The van der Waals surface area contributed by atoms with E-state index in [-0.39, 0.29) is 36.2 Å². The van der Waals surface area contributed by atoms with Gasteiger partial charge in [0.25, 0.3) is 0 Å². The van der Waals surface area contributed by atoms with Crippen molar-refractivity contribution >= 4 is 11.8 Å². The lowest BCUT2D eigenvalue weighted by Gasteiger charge is -2.20. The second-order valence-corrected chi connectivity index (χ2v) is 5.53. The van der Waals surface area contributed by atoms with Crippen molar-refractivity contribution in [3.05, 3.63) is 0 Å². The maximum atomic E-state index is 12.1. The monoisotopic (exact) mass is 239 g/mol. The number of likely N-dealkylation sites (tertiary alicyclic amines) is 1. The third-order valence-corrected chi connectivity index (χ3v) is 4.21. The van der Waals surface area contributed by atoms with Crippen LogP contribution in [-0.4, -0.2) is 35.0 Å². The fourth-order valence-electron chi connectivity index (χ4n) is 3.08. The third kappa shape index (κ3) is 2.10. The van der Waals surface area contributed by atoms with Crippen LogP contribution in [0.5, 0.6) is 0 Å². The Hall–Kier alpha value is -0.900. The molecular weight excluding hydrogens is 218 g/mol. The predicted molar refractivity (Wildman–Crippen MR) is 63.0 cm³/mol. The van der Waals surface area contributed by atoms with Crippen LogP contribution in [0, 0.1) is 23.7 Å². The molecule has 0 bridgehead atoms. The Balaban J connectivity index is 2.06. The number of carbonyl (C=O) groups is 2. The minimum absolute atomic E-state index is 0.00347. The van der Waals surface area contributed by atoms with Crippen LogP contribution < -0.4 is 0 Å². The molecule has 96 valence electrons. The van der Waals surface area contributed by atoms with Crippen molar-refractivity contribution in [2.75, 3.05) is 13.2 Å². The second-order valence-electron chi connectivity index (χ2n) is 5.53. The number of amides is 2. The molecule has 2 aliphatic rings. The average Bonchev–Trinajstić information content (AvgIpc) is 2.85. The highest BCUT2D eigenvalue weighted by molar-refractivity contribution is 6.05. The van der Waals surface area contributed by atoms with Gasteiger partial charge in [0.1, 0.15) is 0 Å². The molecule has 2 rings (SSSR count). The summed E-state index contributed by atoms with van der Waals surface area (Å²) in [5, 5.41) is 9.00. The standard InChI is InChI=1S/C13H21NO3/c1-3-9-4-10-11(5-9)13(17)14(12(10)16)6-8(2)7-15/h8-11,15H,3-7H2,1-2H3. The minimum atomic E-state index is -0.0710. The van der Waals surface area contributed by atoms with Gasteiger partial charge in [-0.25, -0.2) is 0 Å². The average molecular weight is 239 g/mol. The van der Waals surface area contributed by atoms with E-state index in [1.807, 2.05) is 6.92 Å². The Morgan fingerprint density at radius 2 is 1.82 bits per heavy atom. The van der Waals surface area contributed by atoms with Crippen molar-refractivity contribution in [1.29, 1.82) is 0 Å². The van der Waals surface area contributed by atoms with Gasteiger partial charge in [-0.2, -0.15) is 0 Å². The van der Waals surface area contributed by atoms with Crippen molar-refractivity contribution < 1.29 is 14.7 Å². The fraction of sp³-hybridized carbons (Fsp3) is 0.846. The van der Waals surface area contributed by atoms with Gasteiger partial charge in [-0.3, -0.25) is 14.5 Å². The van der Waals surface area contributed by atoms with E-state index in [0.717, 1.165) is 19.3 Å². The second kappa shape index (κ2) is 4.77. The summed E-state index contributed by atoms with van der Waals surface area (Å²) in [6.07, 6.45) is 2.80. The molecule has 1 saturated carbocycles. The minimum Gasteiger partial charge on any atom is -0.396 e. The lowest BCUT2D eigenvalue weighted by molar-refractivity contribution is -0.141. The van der Waals surface area contributed by atoms with Gasteiger partial charge in [-0.1, -0.05) is 20.3 Å². The molecule has 0 aromatic heterocycles. The predicted octanol–water partition coefficient (Wildman–Crippen LogP) is 1.04. The van der Waals surface area contributed by atoms with Gasteiger partial charge in [0.2, 0.25) is 11.8 Å². The number of hydrogen-bond acceptors (Lipinski definition) is 3.